The van der Waals surface area contributed by atoms with E-state index in [0.29, 0.717) is 44.3 Å². The molecule has 1 saturated heterocycles. The van der Waals surface area contributed by atoms with Gasteiger partial charge in [0, 0.05) is 40.7 Å². The third kappa shape index (κ3) is 4.97. The zero-order valence-electron chi connectivity index (χ0n) is 22.8. The van der Waals surface area contributed by atoms with E-state index in [1.165, 1.54) is 31.7 Å². The molecule has 6 rings (SSSR count). The van der Waals surface area contributed by atoms with Crippen LogP contribution in [0.25, 0.3) is 28.2 Å². The fourth-order valence-corrected chi connectivity index (χ4v) is 6.93. The highest BCUT2D eigenvalue weighted by Gasteiger charge is 2.31. The highest BCUT2D eigenvalue weighted by Crippen LogP contribution is 2.46. The van der Waals surface area contributed by atoms with Crippen LogP contribution in [-0.2, 0) is 26.1 Å². The molecule has 8 nitrogen and oxygen atoms in total. The molecule has 3 aromatic rings. The van der Waals surface area contributed by atoms with Crippen molar-refractivity contribution in [2.75, 3.05) is 32.1 Å². The number of aromatic nitrogens is 1. The van der Waals surface area contributed by atoms with Gasteiger partial charge in [-0.15, -0.1) is 0 Å². The van der Waals surface area contributed by atoms with Crippen LogP contribution in [0.2, 0.25) is 0 Å². The van der Waals surface area contributed by atoms with Crippen LogP contribution in [0.4, 0.5) is 0 Å². The number of morpholine rings is 1. The van der Waals surface area contributed by atoms with Crippen molar-refractivity contribution in [2.45, 2.75) is 51.5 Å². The van der Waals surface area contributed by atoms with Gasteiger partial charge >= 0.3 is 0 Å². The quantitative estimate of drug-likeness (QED) is 0.488. The van der Waals surface area contributed by atoms with E-state index in [0.717, 1.165) is 40.6 Å². The Bertz CT molecular complexity index is 1610. The number of carbonyl (C=O) groups is 2. The van der Waals surface area contributed by atoms with Crippen LogP contribution >= 0.6 is 0 Å². The van der Waals surface area contributed by atoms with Gasteiger partial charge < -0.3 is 14.2 Å². The molecule has 1 aliphatic carbocycles. The Labute approximate surface area is 235 Å². The molecule has 1 aromatic heterocycles. The first kappa shape index (κ1) is 26.8. The average molecular weight is 562 g/mol. The van der Waals surface area contributed by atoms with E-state index >= 15 is 0 Å². The second-order valence-corrected chi connectivity index (χ2v) is 12.9. The van der Waals surface area contributed by atoms with Crippen molar-refractivity contribution in [3.63, 3.8) is 0 Å². The Hall–Kier alpha value is -3.43. The highest BCUT2D eigenvalue weighted by atomic mass is 32.2. The van der Waals surface area contributed by atoms with Crippen molar-refractivity contribution in [3.05, 3.63) is 64.7 Å². The van der Waals surface area contributed by atoms with Gasteiger partial charge in [-0.05, 0) is 55.0 Å². The van der Waals surface area contributed by atoms with Gasteiger partial charge in [0.15, 0.2) is 0 Å². The Morgan fingerprint density at radius 2 is 1.77 bits per heavy atom. The summed E-state index contributed by atoms with van der Waals surface area (Å²) >= 11 is 0. The molecule has 40 heavy (non-hydrogen) atoms. The van der Waals surface area contributed by atoms with Crippen molar-refractivity contribution in [1.82, 2.24) is 14.2 Å². The fourth-order valence-electron chi connectivity index (χ4n) is 6.39. The molecular weight excluding hydrogens is 526 g/mol. The molecule has 3 heterocycles. The number of amides is 2. The van der Waals surface area contributed by atoms with E-state index in [-0.39, 0.29) is 17.2 Å². The summed E-state index contributed by atoms with van der Waals surface area (Å²) < 4.78 is 34.1. The van der Waals surface area contributed by atoms with E-state index in [1.54, 1.807) is 12.1 Å². The fraction of sp³-hybridized carbons (Fsp3) is 0.419. The maximum Gasteiger partial charge on any atom is 0.264 e. The Kier molecular flexibility index (Phi) is 7.27. The summed E-state index contributed by atoms with van der Waals surface area (Å²) in [5.41, 5.74) is 6.25. The van der Waals surface area contributed by atoms with Gasteiger partial charge in [0.25, 0.3) is 11.8 Å². The molecular formula is C31H35N3O5S. The van der Waals surface area contributed by atoms with Crippen LogP contribution in [0.1, 0.15) is 66.4 Å². The molecule has 9 heteroatoms. The SMILES string of the molecule is CCS(=O)(=O)NC(=O)c1ccc2c(C3CCCCC3)c3n(c2c1)CC(C(=O)N1CCOCC1)=Cc1ccccc1-3. The molecule has 1 N–H and O–H groups in total. The molecule has 2 aromatic carbocycles. The average Bonchev–Trinajstić information content (AvgIpc) is 3.19. The summed E-state index contributed by atoms with van der Waals surface area (Å²) in [7, 11) is -3.70. The van der Waals surface area contributed by atoms with Crippen molar-refractivity contribution in [3.8, 4) is 11.3 Å². The maximum absolute atomic E-state index is 13.8. The molecule has 2 fully saturated rings. The first-order chi connectivity index (χ1) is 19.4. The normalized spacial score (nSPS) is 18.0. The summed E-state index contributed by atoms with van der Waals surface area (Å²) in [4.78, 5) is 28.6. The Morgan fingerprint density at radius 1 is 1.02 bits per heavy atom. The second-order valence-electron chi connectivity index (χ2n) is 10.9. The van der Waals surface area contributed by atoms with E-state index in [9.17, 15) is 18.0 Å². The zero-order valence-corrected chi connectivity index (χ0v) is 23.6. The van der Waals surface area contributed by atoms with Gasteiger partial charge in [-0.1, -0.05) is 49.6 Å². The van der Waals surface area contributed by atoms with Gasteiger partial charge in [0.2, 0.25) is 10.0 Å². The van der Waals surface area contributed by atoms with Crippen LogP contribution in [0.5, 0.6) is 0 Å². The number of hydrogen-bond donors (Lipinski definition) is 1. The van der Waals surface area contributed by atoms with E-state index in [4.69, 9.17) is 4.74 Å². The zero-order chi connectivity index (χ0) is 27.9. The molecule has 2 amide bonds. The monoisotopic (exact) mass is 561 g/mol. The van der Waals surface area contributed by atoms with Crippen LogP contribution in [0.3, 0.4) is 0 Å². The predicted molar refractivity (Wildman–Crippen MR) is 156 cm³/mol. The van der Waals surface area contributed by atoms with Crippen molar-refractivity contribution in [2.24, 2.45) is 0 Å². The van der Waals surface area contributed by atoms with Crippen molar-refractivity contribution in [1.29, 1.82) is 0 Å². The first-order valence-electron chi connectivity index (χ1n) is 14.2. The van der Waals surface area contributed by atoms with Gasteiger partial charge in [0.1, 0.15) is 0 Å². The molecule has 0 unspecified atom stereocenters. The van der Waals surface area contributed by atoms with Crippen molar-refractivity contribution < 1.29 is 22.7 Å². The van der Waals surface area contributed by atoms with Crippen LogP contribution < -0.4 is 4.72 Å². The third-order valence-electron chi connectivity index (χ3n) is 8.45. The minimum absolute atomic E-state index is 0.00467. The molecule has 3 aliphatic rings. The summed E-state index contributed by atoms with van der Waals surface area (Å²) in [5, 5.41) is 1.06. The lowest BCUT2D eigenvalue weighted by Crippen LogP contribution is -2.41. The lowest BCUT2D eigenvalue weighted by molar-refractivity contribution is -0.131. The predicted octanol–water partition coefficient (Wildman–Crippen LogP) is 4.69. The molecule has 0 bridgehead atoms. The number of fused-ring (bicyclic) bond motifs is 5. The smallest absolute Gasteiger partial charge is 0.264 e. The topological polar surface area (TPSA) is 97.7 Å². The Morgan fingerprint density at radius 3 is 2.52 bits per heavy atom. The van der Waals surface area contributed by atoms with Crippen LogP contribution in [0, 0.1) is 0 Å². The van der Waals surface area contributed by atoms with Crippen LogP contribution in [0.15, 0.2) is 48.0 Å². The third-order valence-corrected chi connectivity index (χ3v) is 9.71. The number of benzene rings is 2. The summed E-state index contributed by atoms with van der Waals surface area (Å²) in [6.07, 6.45) is 7.79. The minimum atomic E-state index is -3.70. The van der Waals surface area contributed by atoms with Gasteiger partial charge in [-0.25, -0.2) is 13.1 Å². The second kappa shape index (κ2) is 10.9. The number of sulfonamides is 1. The van der Waals surface area contributed by atoms with E-state index < -0.39 is 15.9 Å². The number of rotatable bonds is 5. The summed E-state index contributed by atoms with van der Waals surface area (Å²) in [6.45, 7) is 4.03. The van der Waals surface area contributed by atoms with Gasteiger partial charge in [-0.2, -0.15) is 0 Å². The maximum atomic E-state index is 13.8. The van der Waals surface area contributed by atoms with Crippen LogP contribution in [-0.4, -0.2) is 61.8 Å². The first-order valence-corrected chi connectivity index (χ1v) is 15.9. The minimum Gasteiger partial charge on any atom is -0.378 e. The Balaban J connectivity index is 1.55. The summed E-state index contributed by atoms with van der Waals surface area (Å²) in [5.74, 6) is -0.457. The van der Waals surface area contributed by atoms with E-state index in [1.807, 2.05) is 29.2 Å². The van der Waals surface area contributed by atoms with Gasteiger partial charge in [0.05, 0.1) is 31.2 Å². The molecule has 0 spiro atoms. The molecule has 2 aliphatic heterocycles. The number of carbonyl (C=O) groups excluding carboxylic acids is 2. The number of hydrogen-bond acceptors (Lipinski definition) is 5. The highest BCUT2D eigenvalue weighted by molar-refractivity contribution is 7.90. The summed E-state index contributed by atoms with van der Waals surface area (Å²) in [6, 6.07) is 13.7. The largest absolute Gasteiger partial charge is 0.378 e. The lowest BCUT2D eigenvalue weighted by Gasteiger charge is -2.28. The standard InChI is InChI=1S/C31H35N3O5S/c1-2-40(37,38)32-30(35)23-12-13-26-27(19-23)34-20-24(31(36)33-14-16-39-17-15-33)18-22-10-6-7-11-25(22)29(34)28(26)21-8-4-3-5-9-21/h6-7,10-13,18-19,21H,2-5,8-9,14-17,20H2,1H3,(H,32,35). The lowest BCUT2D eigenvalue weighted by atomic mass is 9.81. The number of nitrogens with one attached hydrogen (secondary N) is 1. The molecule has 0 radical (unpaired) electrons. The molecule has 210 valence electrons. The molecule has 1 saturated carbocycles. The number of ether oxygens (including phenoxy) is 1. The molecule has 0 atom stereocenters. The van der Waals surface area contributed by atoms with Crippen molar-refractivity contribution >= 4 is 38.8 Å². The van der Waals surface area contributed by atoms with Gasteiger partial charge in [-0.3, -0.25) is 9.59 Å². The number of nitrogens with zero attached hydrogens (tertiary/aromatic N) is 2. The van der Waals surface area contributed by atoms with E-state index in [2.05, 4.69) is 21.4 Å².